The molecule has 1 atom stereocenters. The van der Waals surface area contributed by atoms with Crippen molar-refractivity contribution in [3.63, 3.8) is 0 Å². The van der Waals surface area contributed by atoms with Crippen molar-refractivity contribution >= 4 is 11.9 Å². The highest BCUT2D eigenvalue weighted by Crippen LogP contribution is 2.47. The fraction of sp³-hybridized carbons (Fsp3) is 0.467. The predicted molar refractivity (Wildman–Crippen MR) is 73.3 cm³/mol. The summed E-state index contributed by atoms with van der Waals surface area (Å²) in [4.78, 5) is 24.9. The van der Waals surface area contributed by atoms with Crippen molar-refractivity contribution < 1.29 is 24.2 Å². The highest BCUT2D eigenvalue weighted by atomic mass is 16.6. The average molecular weight is 291 g/mol. The number of carbonyl (C=O) groups is 2. The lowest BCUT2D eigenvalue weighted by Crippen LogP contribution is -2.45. The minimum absolute atomic E-state index is 0.293. The molecule has 1 aliphatic carbocycles. The van der Waals surface area contributed by atoms with Crippen LogP contribution in [0.4, 0.5) is 0 Å². The van der Waals surface area contributed by atoms with E-state index in [1.54, 1.807) is 7.05 Å². The zero-order valence-corrected chi connectivity index (χ0v) is 11.7. The maximum Gasteiger partial charge on any atom is 0.319 e. The third-order valence-electron chi connectivity index (χ3n) is 3.96. The molecule has 6 nitrogen and oxygen atoms in total. The number of carboxylic acid groups (broad SMARTS) is 1. The summed E-state index contributed by atoms with van der Waals surface area (Å²) in [5.74, 6) is -0.0520. The van der Waals surface area contributed by atoms with Crippen molar-refractivity contribution in [2.75, 3.05) is 20.2 Å². The molecule has 1 aromatic rings. The maximum atomic E-state index is 12.2. The van der Waals surface area contributed by atoms with Gasteiger partial charge in [0.25, 0.3) is 0 Å². The first-order valence-corrected chi connectivity index (χ1v) is 6.90. The number of hydrogen-bond acceptors (Lipinski definition) is 4. The second kappa shape index (κ2) is 4.95. The molecule has 1 aliphatic heterocycles. The van der Waals surface area contributed by atoms with E-state index in [1.165, 1.54) is 4.90 Å². The lowest BCUT2D eigenvalue weighted by atomic mass is 10.1. The van der Waals surface area contributed by atoms with E-state index in [0.717, 1.165) is 0 Å². The Morgan fingerprint density at radius 3 is 2.62 bits per heavy atom. The first-order chi connectivity index (χ1) is 10.0. The maximum absolute atomic E-state index is 12.2. The molecule has 0 radical (unpaired) electrons. The number of amides is 1. The second-order valence-corrected chi connectivity index (χ2v) is 5.57. The standard InChI is InChI=1S/C15H17NO5/c1-16(13(17)15(6-7-15)14(18)19)8-10-9-20-11-4-2-3-5-12(11)21-10/h2-5,10H,6-9H2,1H3,(H,18,19). The molecular weight excluding hydrogens is 274 g/mol. The van der Waals surface area contributed by atoms with Gasteiger partial charge in [0, 0.05) is 7.05 Å². The van der Waals surface area contributed by atoms with Crippen LogP contribution >= 0.6 is 0 Å². The third-order valence-corrected chi connectivity index (χ3v) is 3.96. The lowest BCUT2D eigenvalue weighted by Gasteiger charge is -2.30. The summed E-state index contributed by atoms with van der Waals surface area (Å²) >= 11 is 0. The Kier molecular flexibility index (Phi) is 3.23. The van der Waals surface area contributed by atoms with Gasteiger partial charge >= 0.3 is 5.97 Å². The van der Waals surface area contributed by atoms with Gasteiger partial charge in [0.1, 0.15) is 12.0 Å². The summed E-state index contributed by atoms with van der Waals surface area (Å²) in [5, 5.41) is 9.16. The minimum Gasteiger partial charge on any atom is -0.486 e. The number of benzene rings is 1. The Morgan fingerprint density at radius 1 is 1.33 bits per heavy atom. The van der Waals surface area contributed by atoms with Gasteiger partial charge in [-0.15, -0.1) is 0 Å². The van der Waals surface area contributed by atoms with Gasteiger partial charge < -0.3 is 19.5 Å². The number of carbonyl (C=O) groups excluding carboxylic acids is 1. The third kappa shape index (κ3) is 2.41. The Balaban J connectivity index is 1.63. The van der Waals surface area contributed by atoms with Gasteiger partial charge in [0.05, 0.1) is 6.54 Å². The number of ether oxygens (including phenoxy) is 2. The fourth-order valence-electron chi connectivity index (χ4n) is 2.55. The zero-order valence-electron chi connectivity index (χ0n) is 11.7. The van der Waals surface area contributed by atoms with Crippen molar-refractivity contribution in [1.82, 2.24) is 4.90 Å². The van der Waals surface area contributed by atoms with Gasteiger partial charge in [-0.3, -0.25) is 9.59 Å². The van der Waals surface area contributed by atoms with Crippen molar-refractivity contribution in [1.29, 1.82) is 0 Å². The molecule has 0 bridgehead atoms. The molecule has 1 fully saturated rings. The second-order valence-electron chi connectivity index (χ2n) is 5.57. The summed E-state index contributed by atoms with van der Waals surface area (Å²) in [5.41, 5.74) is -1.21. The molecule has 1 N–H and O–H groups in total. The van der Waals surface area contributed by atoms with Gasteiger partial charge in [-0.05, 0) is 25.0 Å². The topological polar surface area (TPSA) is 76.1 Å². The Morgan fingerprint density at radius 2 is 2.00 bits per heavy atom. The summed E-state index contributed by atoms with van der Waals surface area (Å²) in [6.45, 7) is 0.650. The number of hydrogen-bond donors (Lipinski definition) is 1. The molecule has 2 aliphatic rings. The monoisotopic (exact) mass is 291 g/mol. The molecule has 1 aromatic carbocycles. The summed E-state index contributed by atoms with van der Waals surface area (Å²) in [7, 11) is 1.61. The van der Waals surface area contributed by atoms with Crippen LogP contribution in [0.3, 0.4) is 0 Å². The highest BCUT2D eigenvalue weighted by molar-refractivity contribution is 6.04. The van der Waals surface area contributed by atoms with E-state index in [2.05, 4.69) is 0 Å². The van der Waals surface area contributed by atoms with Crippen molar-refractivity contribution in [2.24, 2.45) is 5.41 Å². The van der Waals surface area contributed by atoms with Crippen molar-refractivity contribution in [3.8, 4) is 11.5 Å². The van der Waals surface area contributed by atoms with Crippen LogP contribution in [-0.4, -0.2) is 48.2 Å². The quantitative estimate of drug-likeness (QED) is 0.842. The number of aliphatic carboxylic acids is 1. The first kappa shape index (κ1) is 13.7. The minimum atomic E-state index is -1.21. The molecule has 0 spiro atoms. The van der Waals surface area contributed by atoms with E-state index >= 15 is 0 Å². The summed E-state index contributed by atoms with van der Waals surface area (Å²) in [6, 6.07) is 7.35. The largest absolute Gasteiger partial charge is 0.486 e. The van der Waals surface area contributed by atoms with Gasteiger partial charge in [-0.2, -0.15) is 0 Å². The van der Waals surface area contributed by atoms with Crippen LogP contribution in [0, 0.1) is 5.41 Å². The molecular formula is C15H17NO5. The van der Waals surface area contributed by atoms with Gasteiger partial charge in [-0.1, -0.05) is 12.1 Å². The number of likely N-dealkylation sites (N-methyl/N-ethyl adjacent to an activating group) is 1. The van der Waals surface area contributed by atoms with Gasteiger partial charge in [-0.25, -0.2) is 0 Å². The molecule has 112 valence electrons. The first-order valence-electron chi connectivity index (χ1n) is 6.90. The Hall–Kier alpha value is -2.24. The average Bonchev–Trinajstić information content (AvgIpc) is 3.28. The number of fused-ring (bicyclic) bond motifs is 1. The molecule has 1 unspecified atom stereocenters. The smallest absolute Gasteiger partial charge is 0.319 e. The van der Waals surface area contributed by atoms with E-state index in [4.69, 9.17) is 14.6 Å². The predicted octanol–water partition coefficient (Wildman–Crippen LogP) is 1.15. The molecule has 0 saturated heterocycles. The van der Waals surface area contributed by atoms with Crippen LogP contribution in [-0.2, 0) is 9.59 Å². The number of carboxylic acids is 1. The molecule has 1 saturated carbocycles. The van der Waals surface area contributed by atoms with Crippen molar-refractivity contribution in [2.45, 2.75) is 18.9 Å². The number of nitrogens with zero attached hydrogens (tertiary/aromatic N) is 1. The molecule has 1 heterocycles. The fourth-order valence-corrected chi connectivity index (χ4v) is 2.55. The molecule has 0 aromatic heterocycles. The van der Waals surface area contributed by atoms with Crippen LogP contribution in [0.2, 0.25) is 0 Å². The van der Waals surface area contributed by atoms with Gasteiger partial charge in [0.15, 0.2) is 17.6 Å². The van der Waals surface area contributed by atoms with Gasteiger partial charge in [0.2, 0.25) is 5.91 Å². The SMILES string of the molecule is CN(CC1COc2ccccc2O1)C(=O)C1(C(=O)O)CC1. The van der Waals surface area contributed by atoms with Crippen LogP contribution < -0.4 is 9.47 Å². The Labute approximate surface area is 122 Å². The molecule has 1 amide bonds. The van der Waals surface area contributed by atoms with E-state index < -0.39 is 11.4 Å². The number of rotatable bonds is 4. The van der Waals surface area contributed by atoms with Crippen LogP contribution in [0.1, 0.15) is 12.8 Å². The summed E-state index contributed by atoms with van der Waals surface area (Å²) < 4.78 is 11.4. The number of para-hydroxylation sites is 2. The normalized spacial score (nSPS) is 21.5. The highest BCUT2D eigenvalue weighted by Gasteiger charge is 2.58. The van der Waals surface area contributed by atoms with E-state index in [9.17, 15) is 9.59 Å². The zero-order chi connectivity index (χ0) is 15.0. The van der Waals surface area contributed by atoms with E-state index in [0.29, 0.717) is 37.5 Å². The summed E-state index contributed by atoms with van der Waals surface area (Å²) in [6.07, 6.45) is 0.533. The van der Waals surface area contributed by atoms with Crippen LogP contribution in [0.25, 0.3) is 0 Å². The molecule has 21 heavy (non-hydrogen) atoms. The lowest BCUT2D eigenvalue weighted by molar-refractivity contribution is -0.153. The Bertz CT molecular complexity index is 581. The van der Waals surface area contributed by atoms with E-state index in [-0.39, 0.29) is 12.0 Å². The van der Waals surface area contributed by atoms with Crippen LogP contribution in [0.5, 0.6) is 11.5 Å². The molecule has 3 rings (SSSR count). The molecule has 6 heteroatoms. The van der Waals surface area contributed by atoms with Crippen molar-refractivity contribution in [3.05, 3.63) is 24.3 Å². The van der Waals surface area contributed by atoms with Crippen LogP contribution in [0.15, 0.2) is 24.3 Å². The van der Waals surface area contributed by atoms with E-state index in [1.807, 2.05) is 24.3 Å².